The van der Waals surface area contributed by atoms with Gasteiger partial charge in [0.2, 0.25) is 0 Å². The SMILES string of the molecule is CC(C)(C)c1ccc(-c2cc(C(C)(C)C)ccc2N2c3cc(N(c4ccccc4)c4ccccc4)ccc3B3c4cc(C(C)(C)C)ccc4N(c4ccc5c(c4)C(c4ccccc4)(c4ccccc4)c4ccccc4-5)c4cc(C(C)(C)C)cc2c43)cc1. The molecule has 4 heteroatoms. The average molecular weight is 1130 g/mol. The lowest BCUT2D eigenvalue weighted by Crippen LogP contribution is -2.61. The van der Waals surface area contributed by atoms with Crippen LogP contribution in [0.1, 0.15) is 128 Å². The second kappa shape index (κ2) is 20.5. The highest BCUT2D eigenvalue weighted by atomic mass is 15.2. The van der Waals surface area contributed by atoms with Crippen molar-refractivity contribution in [2.75, 3.05) is 14.7 Å². The number of rotatable bonds is 8. The van der Waals surface area contributed by atoms with Crippen LogP contribution in [-0.4, -0.2) is 6.71 Å². The van der Waals surface area contributed by atoms with Gasteiger partial charge in [0, 0.05) is 51.1 Å². The summed E-state index contributed by atoms with van der Waals surface area (Å²) >= 11 is 0. The molecule has 0 bridgehead atoms. The van der Waals surface area contributed by atoms with Crippen LogP contribution >= 0.6 is 0 Å². The van der Waals surface area contributed by atoms with Crippen molar-refractivity contribution < 1.29 is 0 Å². The lowest BCUT2D eigenvalue weighted by atomic mass is 9.33. The van der Waals surface area contributed by atoms with Gasteiger partial charge in [0.1, 0.15) is 0 Å². The van der Waals surface area contributed by atoms with Gasteiger partial charge in [-0.3, -0.25) is 0 Å². The van der Waals surface area contributed by atoms with E-state index in [0.717, 1.165) is 28.4 Å². The van der Waals surface area contributed by atoms with E-state index in [0.29, 0.717) is 0 Å². The fraction of sp³-hybridized carbons (Fsp3) is 0.205. The molecule has 3 nitrogen and oxygen atoms in total. The van der Waals surface area contributed by atoms with E-state index in [9.17, 15) is 0 Å². The number of hydrogen-bond acceptors (Lipinski definition) is 3. The summed E-state index contributed by atoms with van der Waals surface area (Å²) < 4.78 is 0. The third-order valence-corrected chi connectivity index (χ3v) is 18.9. The number of benzene rings is 11. The fourth-order valence-electron chi connectivity index (χ4n) is 14.3. The molecule has 87 heavy (non-hydrogen) atoms. The topological polar surface area (TPSA) is 9.72 Å². The maximum absolute atomic E-state index is 2.67. The monoisotopic (exact) mass is 1130 g/mol. The molecule has 0 unspecified atom stereocenters. The molecule has 1 aliphatic carbocycles. The largest absolute Gasteiger partial charge is 0.311 e. The first-order chi connectivity index (χ1) is 41.7. The Hall–Kier alpha value is -9.12. The van der Waals surface area contributed by atoms with Crippen molar-refractivity contribution >= 4 is 74.3 Å². The van der Waals surface area contributed by atoms with Crippen LogP contribution in [0.25, 0.3) is 22.3 Å². The first kappa shape index (κ1) is 55.7. The van der Waals surface area contributed by atoms with Crippen LogP contribution < -0.4 is 31.1 Å². The van der Waals surface area contributed by atoms with Gasteiger partial charge < -0.3 is 14.7 Å². The molecule has 0 spiro atoms. The van der Waals surface area contributed by atoms with Crippen molar-refractivity contribution in [3.05, 3.63) is 299 Å². The Morgan fingerprint density at radius 3 is 1.38 bits per heavy atom. The minimum Gasteiger partial charge on any atom is -0.311 e. The van der Waals surface area contributed by atoms with E-state index in [4.69, 9.17) is 0 Å². The highest BCUT2D eigenvalue weighted by molar-refractivity contribution is 7.00. The zero-order valence-corrected chi connectivity index (χ0v) is 52.7. The number of anilines is 9. The molecule has 0 fully saturated rings. The number of para-hydroxylation sites is 2. The van der Waals surface area contributed by atoms with Crippen molar-refractivity contribution in [1.29, 1.82) is 0 Å². The van der Waals surface area contributed by atoms with Gasteiger partial charge in [0.25, 0.3) is 6.71 Å². The molecule has 0 saturated carbocycles. The molecule has 0 saturated heterocycles. The third-order valence-electron chi connectivity index (χ3n) is 18.9. The quantitative estimate of drug-likeness (QED) is 0.140. The lowest BCUT2D eigenvalue weighted by Gasteiger charge is -2.46. The Morgan fingerprint density at radius 1 is 0.310 bits per heavy atom. The van der Waals surface area contributed by atoms with E-state index in [2.05, 4.69) is 353 Å². The van der Waals surface area contributed by atoms with Crippen molar-refractivity contribution in [1.82, 2.24) is 0 Å². The number of nitrogens with zero attached hydrogens (tertiary/aromatic N) is 3. The summed E-state index contributed by atoms with van der Waals surface area (Å²) in [5, 5.41) is 0. The van der Waals surface area contributed by atoms with Crippen LogP contribution in [0.5, 0.6) is 0 Å². The predicted octanol–water partition coefficient (Wildman–Crippen LogP) is 20.5. The third kappa shape index (κ3) is 9.25. The van der Waals surface area contributed by atoms with E-state index in [1.54, 1.807) is 0 Å². The maximum atomic E-state index is 2.67. The van der Waals surface area contributed by atoms with Gasteiger partial charge in [-0.15, -0.1) is 0 Å². The highest BCUT2D eigenvalue weighted by Gasteiger charge is 2.49. The molecule has 0 atom stereocenters. The zero-order chi connectivity index (χ0) is 60.4. The molecule has 2 heterocycles. The molecule has 0 N–H and O–H groups in total. The van der Waals surface area contributed by atoms with Gasteiger partial charge in [-0.1, -0.05) is 259 Å². The Balaban J connectivity index is 1.10. The van der Waals surface area contributed by atoms with Crippen LogP contribution in [0, 0.1) is 0 Å². The number of fused-ring (bicyclic) bond motifs is 7. The first-order valence-corrected chi connectivity index (χ1v) is 31.3. The molecular weight excluding hydrogens is 1050 g/mol. The molecular formula is C83H78BN3. The van der Waals surface area contributed by atoms with E-state index >= 15 is 0 Å². The Morgan fingerprint density at radius 2 is 0.805 bits per heavy atom. The summed E-state index contributed by atoms with van der Waals surface area (Å²) in [5.41, 5.74) is 28.5. The smallest absolute Gasteiger partial charge is 0.252 e. The van der Waals surface area contributed by atoms with Gasteiger partial charge in [0.15, 0.2) is 0 Å². The average Bonchev–Trinajstić information content (AvgIpc) is 1.53. The summed E-state index contributed by atoms with van der Waals surface area (Å²) in [5.74, 6) is 0. The minimum atomic E-state index is -0.573. The molecule has 3 aliphatic rings. The molecule has 0 aromatic heterocycles. The molecule has 11 aromatic carbocycles. The van der Waals surface area contributed by atoms with Gasteiger partial charge in [-0.25, -0.2) is 0 Å². The predicted molar refractivity (Wildman–Crippen MR) is 373 cm³/mol. The molecule has 14 rings (SSSR count). The highest BCUT2D eigenvalue weighted by Crippen LogP contribution is 2.58. The van der Waals surface area contributed by atoms with Crippen molar-refractivity contribution in [3.8, 4) is 22.3 Å². The van der Waals surface area contributed by atoms with Gasteiger partial charge >= 0.3 is 0 Å². The maximum Gasteiger partial charge on any atom is 0.252 e. The summed E-state index contributed by atoms with van der Waals surface area (Å²) in [6, 6.07) is 97.3. The second-order valence-electron chi connectivity index (χ2n) is 28.6. The normalized spacial score (nSPS) is 14.0. The Labute approximate surface area is 517 Å². The molecule has 11 aromatic rings. The standard InChI is InChI=1S/C83H78BN3/c1-79(2,3)56-39-37-55(38-40-56)68-49-59(80(4,5)6)41-47-73(68)87-75-54-65(85(62-31-21-15-22-32-62)63-33-23-16-24-34-63)44-46-71(75)84-72-50-60(81(7,8)9)42-48-74(72)86(76-51-61(82(10,11)12)52-77(87)78(76)84)64-43-45-67-66-35-25-26-36-69(66)83(70(67)53-64,57-27-17-13-18-28-57)58-29-19-14-20-30-58/h13-54H,1-12H3. The van der Waals surface area contributed by atoms with Gasteiger partial charge in [0.05, 0.1) is 11.1 Å². The van der Waals surface area contributed by atoms with Gasteiger partial charge in [-0.05, 0) is 178 Å². The Bertz CT molecular complexity index is 4340. The van der Waals surface area contributed by atoms with E-state index in [1.807, 2.05) is 0 Å². The van der Waals surface area contributed by atoms with Crippen molar-refractivity contribution in [2.45, 2.75) is 110 Å². The Kier molecular flexibility index (Phi) is 13.1. The molecule has 0 radical (unpaired) electrons. The zero-order valence-electron chi connectivity index (χ0n) is 52.7. The van der Waals surface area contributed by atoms with E-state index in [-0.39, 0.29) is 28.4 Å². The van der Waals surface area contributed by atoms with Crippen LogP contribution in [0.15, 0.2) is 255 Å². The van der Waals surface area contributed by atoms with Gasteiger partial charge in [-0.2, -0.15) is 0 Å². The summed E-state index contributed by atoms with van der Waals surface area (Å²) in [7, 11) is 0. The van der Waals surface area contributed by atoms with Crippen LogP contribution in [0.3, 0.4) is 0 Å². The second-order valence-corrected chi connectivity index (χ2v) is 28.6. The molecule has 2 aliphatic heterocycles. The summed E-state index contributed by atoms with van der Waals surface area (Å²) in [6.07, 6.45) is 0. The minimum absolute atomic E-state index is 0.00407. The van der Waals surface area contributed by atoms with Crippen LogP contribution in [0.4, 0.5) is 51.2 Å². The van der Waals surface area contributed by atoms with Crippen LogP contribution in [-0.2, 0) is 27.1 Å². The molecule has 428 valence electrons. The summed E-state index contributed by atoms with van der Waals surface area (Å²) in [6.45, 7) is 28.0. The van der Waals surface area contributed by atoms with Crippen molar-refractivity contribution in [2.24, 2.45) is 0 Å². The van der Waals surface area contributed by atoms with Crippen LogP contribution in [0.2, 0.25) is 0 Å². The van der Waals surface area contributed by atoms with E-state index in [1.165, 1.54) is 106 Å². The lowest BCUT2D eigenvalue weighted by molar-refractivity contribution is 0.589. The van der Waals surface area contributed by atoms with Crippen molar-refractivity contribution in [3.63, 3.8) is 0 Å². The summed E-state index contributed by atoms with van der Waals surface area (Å²) in [4.78, 5) is 7.74. The van der Waals surface area contributed by atoms with E-state index < -0.39 is 5.41 Å². The fourth-order valence-corrected chi connectivity index (χ4v) is 14.3. The molecule has 0 amide bonds. The first-order valence-electron chi connectivity index (χ1n) is 31.3. The number of hydrogen-bond donors (Lipinski definition) is 0.